The molecule has 1 saturated carbocycles. The van der Waals surface area contributed by atoms with Gasteiger partial charge in [-0.2, -0.15) is 0 Å². The Bertz CT molecular complexity index is 651. The Morgan fingerprint density at radius 2 is 1.96 bits per heavy atom. The van der Waals surface area contributed by atoms with Crippen LogP contribution in [0.1, 0.15) is 25.7 Å². The fraction of sp³-hybridized carbons (Fsp3) is 0.556. The number of ether oxygens (including phenoxy) is 3. The predicted octanol–water partition coefficient (Wildman–Crippen LogP) is 1.72. The second kappa shape index (κ2) is 7.31. The van der Waals surface area contributed by atoms with E-state index in [2.05, 4.69) is 10.6 Å². The van der Waals surface area contributed by atoms with Crippen LogP contribution in [0, 0.1) is 5.41 Å². The third kappa shape index (κ3) is 3.71. The van der Waals surface area contributed by atoms with E-state index in [9.17, 15) is 9.59 Å². The van der Waals surface area contributed by atoms with Gasteiger partial charge in [0.05, 0.1) is 20.3 Å². The number of nitrogens with one attached hydrogen (secondary N) is 2. The third-order valence-corrected chi connectivity index (χ3v) is 4.77. The highest BCUT2D eigenvalue weighted by atomic mass is 16.5. The molecule has 2 N–H and O–H groups in total. The minimum absolute atomic E-state index is 0.0636. The zero-order valence-electron chi connectivity index (χ0n) is 14.6. The molecule has 1 aromatic rings. The molecule has 0 radical (unpaired) electrons. The van der Waals surface area contributed by atoms with Crippen molar-refractivity contribution in [1.82, 2.24) is 5.32 Å². The van der Waals surface area contributed by atoms with E-state index < -0.39 is 5.41 Å². The predicted molar refractivity (Wildman–Crippen MR) is 91.8 cm³/mol. The van der Waals surface area contributed by atoms with E-state index in [0.717, 1.165) is 19.4 Å². The zero-order chi connectivity index (χ0) is 17.9. The van der Waals surface area contributed by atoms with Crippen LogP contribution in [0.4, 0.5) is 5.69 Å². The lowest BCUT2D eigenvalue weighted by atomic mass is 10.0. The monoisotopic (exact) mass is 348 g/mol. The second-order valence-electron chi connectivity index (χ2n) is 6.45. The fourth-order valence-electron chi connectivity index (χ4n) is 3.03. The van der Waals surface area contributed by atoms with Gasteiger partial charge in [0.2, 0.25) is 11.8 Å². The lowest BCUT2D eigenvalue weighted by molar-refractivity contribution is -0.134. The van der Waals surface area contributed by atoms with Gasteiger partial charge in [0, 0.05) is 24.9 Å². The molecule has 1 saturated heterocycles. The van der Waals surface area contributed by atoms with Crippen molar-refractivity contribution in [1.29, 1.82) is 0 Å². The van der Waals surface area contributed by atoms with Crippen molar-refractivity contribution in [3.63, 3.8) is 0 Å². The summed E-state index contributed by atoms with van der Waals surface area (Å²) in [6, 6.07) is 5.11. The fourth-order valence-corrected chi connectivity index (χ4v) is 3.03. The van der Waals surface area contributed by atoms with Gasteiger partial charge in [0.1, 0.15) is 5.41 Å². The van der Waals surface area contributed by atoms with Crippen LogP contribution < -0.4 is 20.1 Å². The molecule has 0 spiro atoms. The Morgan fingerprint density at radius 1 is 1.20 bits per heavy atom. The molecule has 2 amide bonds. The molecule has 2 aliphatic rings. The molecular formula is C18H24N2O5. The van der Waals surface area contributed by atoms with Gasteiger partial charge in [-0.25, -0.2) is 0 Å². The number of rotatable bonds is 7. The van der Waals surface area contributed by atoms with Gasteiger partial charge < -0.3 is 24.8 Å². The van der Waals surface area contributed by atoms with Gasteiger partial charge in [-0.05, 0) is 37.8 Å². The maximum Gasteiger partial charge on any atom is 0.240 e. The molecule has 0 bridgehead atoms. The number of carbonyl (C=O) groups excluding carboxylic acids is 2. The van der Waals surface area contributed by atoms with Crippen LogP contribution in [-0.4, -0.2) is 45.3 Å². The largest absolute Gasteiger partial charge is 0.493 e. The summed E-state index contributed by atoms with van der Waals surface area (Å²) < 4.78 is 15.9. The van der Waals surface area contributed by atoms with Crippen LogP contribution in [0.15, 0.2) is 18.2 Å². The number of benzene rings is 1. The van der Waals surface area contributed by atoms with E-state index in [1.165, 1.54) is 7.11 Å². The molecule has 1 aliphatic carbocycles. The van der Waals surface area contributed by atoms with Gasteiger partial charge in [-0.1, -0.05) is 0 Å². The van der Waals surface area contributed by atoms with Crippen molar-refractivity contribution in [3.05, 3.63) is 18.2 Å². The Hall–Kier alpha value is -2.28. The van der Waals surface area contributed by atoms with Crippen molar-refractivity contribution in [2.75, 3.05) is 32.7 Å². The van der Waals surface area contributed by atoms with E-state index in [1.807, 2.05) is 0 Å². The lowest BCUT2D eigenvalue weighted by Gasteiger charge is -2.18. The van der Waals surface area contributed by atoms with E-state index in [-0.39, 0.29) is 17.9 Å². The van der Waals surface area contributed by atoms with Crippen LogP contribution in [0.25, 0.3) is 0 Å². The summed E-state index contributed by atoms with van der Waals surface area (Å²) in [6.07, 6.45) is 3.15. The van der Waals surface area contributed by atoms with Crippen molar-refractivity contribution in [2.45, 2.75) is 31.8 Å². The van der Waals surface area contributed by atoms with Crippen LogP contribution >= 0.6 is 0 Å². The van der Waals surface area contributed by atoms with Crippen molar-refractivity contribution < 1.29 is 23.8 Å². The topological polar surface area (TPSA) is 85.9 Å². The molecule has 1 aromatic carbocycles. The summed E-state index contributed by atoms with van der Waals surface area (Å²) in [5.41, 5.74) is -0.396. The number of hydrogen-bond donors (Lipinski definition) is 2. The van der Waals surface area contributed by atoms with Crippen LogP contribution in [0.5, 0.6) is 11.5 Å². The van der Waals surface area contributed by atoms with E-state index >= 15 is 0 Å². The van der Waals surface area contributed by atoms with Gasteiger partial charge in [0.15, 0.2) is 11.5 Å². The molecule has 2 fully saturated rings. The number of hydrogen-bond acceptors (Lipinski definition) is 5. The number of amides is 2. The third-order valence-electron chi connectivity index (χ3n) is 4.77. The highest BCUT2D eigenvalue weighted by molar-refractivity contribution is 6.13. The first-order valence-electron chi connectivity index (χ1n) is 8.52. The van der Waals surface area contributed by atoms with Crippen molar-refractivity contribution >= 4 is 17.5 Å². The first kappa shape index (κ1) is 17.5. The Balaban J connectivity index is 1.60. The smallest absolute Gasteiger partial charge is 0.240 e. The number of carbonyl (C=O) groups is 2. The second-order valence-corrected chi connectivity index (χ2v) is 6.45. The van der Waals surface area contributed by atoms with Crippen LogP contribution in [0.3, 0.4) is 0 Å². The maximum absolute atomic E-state index is 12.6. The normalized spacial score (nSPS) is 20.6. The quantitative estimate of drug-likeness (QED) is 0.733. The summed E-state index contributed by atoms with van der Waals surface area (Å²) >= 11 is 0. The molecule has 7 heteroatoms. The van der Waals surface area contributed by atoms with Crippen LogP contribution in [0.2, 0.25) is 0 Å². The molecule has 136 valence electrons. The molecule has 3 rings (SSSR count). The Labute approximate surface area is 147 Å². The molecular weight excluding hydrogens is 324 g/mol. The van der Waals surface area contributed by atoms with Gasteiger partial charge in [-0.15, -0.1) is 0 Å². The molecule has 1 unspecified atom stereocenters. The summed E-state index contributed by atoms with van der Waals surface area (Å²) in [7, 11) is 3.08. The van der Waals surface area contributed by atoms with Gasteiger partial charge in [0.25, 0.3) is 0 Å². The highest BCUT2D eigenvalue weighted by Crippen LogP contribution is 2.47. The minimum Gasteiger partial charge on any atom is -0.493 e. The highest BCUT2D eigenvalue weighted by Gasteiger charge is 2.56. The summed E-state index contributed by atoms with van der Waals surface area (Å²) in [5.74, 6) is 0.592. The number of anilines is 1. The van der Waals surface area contributed by atoms with E-state index in [0.29, 0.717) is 36.6 Å². The molecule has 7 nitrogen and oxygen atoms in total. The minimum atomic E-state index is -0.967. The van der Waals surface area contributed by atoms with Crippen molar-refractivity contribution in [3.8, 4) is 11.5 Å². The average molecular weight is 348 g/mol. The molecule has 0 aromatic heterocycles. The zero-order valence-corrected chi connectivity index (χ0v) is 14.6. The molecule has 1 atom stereocenters. The van der Waals surface area contributed by atoms with Gasteiger partial charge >= 0.3 is 0 Å². The maximum atomic E-state index is 12.6. The first-order valence-corrected chi connectivity index (χ1v) is 8.52. The summed E-state index contributed by atoms with van der Waals surface area (Å²) in [6.45, 7) is 1.20. The lowest BCUT2D eigenvalue weighted by Crippen LogP contribution is -2.42. The average Bonchev–Trinajstić information content (AvgIpc) is 3.29. The van der Waals surface area contributed by atoms with E-state index in [4.69, 9.17) is 14.2 Å². The Kier molecular flexibility index (Phi) is 5.13. The van der Waals surface area contributed by atoms with Gasteiger partial charge in [-0.3, -0.25) is 9.59 Å². The summed E-state index contributed by atoms with van der Waals surface area (Å²) in [4.78, 5) is 25.1. The first-order chi connectivity index (χ1) is 12.1. The van der Waals surface area contributed by atoms with E-state index in [1.54, 1.807) is 25.3 Å². The SMILES string of the molecule is COc1ccc(NC(=O)C2(C(=O)NCC3CCCO3)CC2)cc1OC. The standard InChI is InChI=1S/C18H24N2O5/c1-23-14-6-5-12(10-15(14)24-2)20-17(22)18(7-8-18)16(21)19-11-13-4-3-9-25-13/h5-6,10,13H,3-4,7-9,11H2,1-2H3,(H,19,21)(H,20,22). The summed E-state index contributed by atoms with van der Waals surface area (Å²) in [5, 5.41) is 5.68. The Morgan fingerprint density at radius 3 is 2.56 bits per heavy atom. The molecule has 25 heavy (non-hydrogen) atoms. The van der Waals surface area contributed by atoms with Crippen LogP contribution in [-0.2, 0) is 14.3 Å². The number of methoxy groups -OCH3 is 2. The molecule has 1 heterocycles. The molecule has 1 aliphatic heterocycles. The van der Waals surface area contributed by atoms with Crippen molar-refractivity contribution in [2.24, 2.45) is 5.41 Å².